The van der Waals surface area contributed by atoms with Crippen LogP contribution in [0.2, 0.25) is 0 Å². The van der Waals surface area contributed by atoms with Gasteiger partial charge in [0.25, 0.3) is 0 Å². The number of benzene rings is 2. The van der Waals surface area contributed by atoms with Crippen molar-refractivity contribution in [3.8, 4) is 11.5 Å². The zero-order valence-electron chi connectivity index (χ0n) is 14.2. The summed E-state index contributed by atoms with van der Waals surface area (Å²) < 4.78 is 11.4. The van der Waals surface area contributed by atoms with Gasteiger partial charge in [0.2, 0.25) is 5.91 Å². The van der Waals surface area contributed by atoms with Crippen molar-refractivity contribution in [2.45, 2.75) is 13.3 Å². The summed E-state index contributed by atoms with van der Waals surface area (Å²) in [7, 11) is 1.82. The Hall–Kier alpha value is -2.49. The van der Waals surface area contributed by atoms with Crippen LogP contribution in [0.15, 0.2) is 48.5 Å². The predicted molar refractivity (Wildman–Crippen MR) is 93.4 cm³/mol. The number of para-hydroxylation sites is 1. The lowest BCUT2D eigenvalue weighted by atomic mass is 9.95. The summed E-state index contributed by atoms with van der Waals surface area (Å²) in [4.78, 5) is 14.3. The topological polar surface area (TPSA) is 38.8 Å². The second-order valence-corrected chi connectivity index (χ2v) is 6.24. The molecule has 4 heteroatoms. The summed E-state index contributed by atoms with van der Waals surface area (Å²) in [5.41, 5.74) is 2.30. The number of amides is 1. The maximum Gasteiger partial charge on any atom is 0.229 e. The monoisotopic (exact) mass is 325 g/mol. The molecule has 2 aromatic carbocycles. The largest absolute Gasteiger partial charge is 0.492 e. The fourth-order valence-electron chi connectivity index (χ4n) is 2.84. The third-order valence-electron chi connectivity index (χ3n) is 4.32. The van der Waals surface area contributed by atoms with Crippen LogP contribution >= 0.6 is 0 Å². The fourth-order valence-corrected chi connectivity index (χ4v) is 2.84. The number of carbonyl (C=O) groups excluding carboxylic acids is 1. The number of ether oxygens (including phenoxy) is 2. The average molecular weight is 325 g/mol. The summed E-state index contributed by atoms with van der Waals surface area (Å²) in [6.07, 6.45) is 0.734. The molecule has 1 heterocycles. The molecule has 0 aliphatic carbocycles. The molecule has 2 aromatic rings. The predicted octanol–water partition coefficient (Wildman–Crippen LogP) is 3.08. The highest BCUT2D eigenvalue weighted by atomic mass is 16.5. The summed E-state index contributed by atoms with van der Waals surface area (Å²) in [6.45, 7) is 3.53. The van der Waals surface area contributed by atoms with Crippen molar-refractivity contribution in [1.82, 2.24) is 4.90 Å². The van der Waals surface area contributed by atoms with Gasteiger partial charge in [-0.2, -0.15) is 0 Å². The average Bonchev–Trinajstić information content (AvgIpc) is 2.62. The Morgan fingerprint density at radius 1 is 1.21 bits per heavy atom. The molecule has 1 unspecified atom stereocenters. The van der Waals surface area contributed by atoms with Gasteiger partial charge in [-0.3, -0.25) is 4.79 Å². The second kappa shape index (κ2) is 7.39. The third-order valence-corrected chi connectivity index (χ3v) is 4.32. The molecule has 0 spiro atoms. The fraction of sp³-hybridized carbons (Fsp3) is 0.350. The summed E-state index contributed by atoms with van der Waals surface area (Å²) in [5, 5.41) is 0. The van der Waals surface area contributed by atoms with Crippen LogP contribution < -0.4 is 9.47 Å². The lowest BCUT2D eigenvalue weighted by molar-refractivity contribution is -0.135. The molecule has 24 heavy (non-hydrogen) atoms. The first-order chi connectivity index (χ1) is 11.6. The number of fused-ring (bicyclic) bond motifs is 1. The van der Waals surface area contributed by atoms with Crippen LogP contribution in [-0.4, -0.2) is 37.6 Å². The van der Waals surface area contributed by atoms with Crippen LogP contribution in [0.1, 0.15) is 11.1 Å². The van der Waals surface area contributed by atoms with E-state index in [1.807, 2.05) is 62.5 Å². The van der Waals surface area contributed by atoms with Crippen LogP contribution in [0.25, 0.3) is 0 Å². The smallest absolute Gasteiger partial charge is 0.229 e. The van der Waals surface area contributed by atoms with Gasteiger partial charge in [0, 0.05) is 7.05 Å². The first-order valence-corrected chi connectivity index (χ1v) is 8.28. The third kappa shape index (κ3) is 3.88. The first kappa shape index (κ1) is 16.4. The minimum atomic E-state index is -0.121. The SMILES string of the molecule is Cc1ccc(OCCN(C)C(=O)C2COc3ccccc3C2)cc1. The zero-order chi connectivity index (χ0) is 16.9. The van der Waals surface area contributed by atoms with E-state index in [4.69, 9.17) is 9.47 Å². The van der Waals surface area contributed by atoms with Crippen LogP contribution in [0.4, 0.5) is 0 Å². The highest BCUT2D eigenvalue weighted by molar-refractivity contribution is 5.79. The molecule has 0 aromatic heterocycles. The highest BCUT2D eigenvalue weighted by Gasteiger charge is 2.27. The molecule has 0 fully saturated rings. The van der Waals surface area contributed by atoms with E-state index in [-0.39, 0.29) is 11.8 Å². The summed E-state index contributed by atoms with van der Waals surface area (Å²) >= 11 is 0. The van der Waals surface area contributed by atoms with Gasteiger partial charge in [0.1, 0.15) is 24.7 Å². The second-order valence-electron chi connectivity index (χ2n) is 6.24. The van der Waals surface area contributed by atoms with Crippen LogP contribution in [0, 0.1) is 12.8 Å². The number of aryl methyl sites for hydroxylation is 1. The van der Waals surface area contributed by atoms with Crippen LogP contribution in [-0.2, 0) is 11.2 Å². The van der Waals surface area contributed by atoms with E-state index >= 15 is 0 Å². The minimum Gasteiger partial charge on any atom is -0.492 e. The van der Waals surface area contributed by atoms with E-state index in [2.05, 4.69) is 0 Å². The van der Waals surface area contributed by atoms with Crippen molar-refractivity contribution in [2.75, 3.05) is 26.8 Å². The van der Waals surface area contributed by atoms with E-state index in [1.165, 1.54) is 5.56 Å². The number of likely N-dealkylation sites (N-methyl/N-ethyl adjacent to an activating group) is 1. The van der Waals surface area contributed by atoms with E-state index < -0.39 is 0 Å². The van der Waals surface area contributed by atoms with Crippen molar-refractivity contribution in [3.05, 3.63) is 59.7 Å². The summed E-state index contributed by atoms with van der Waals surface area (Å²) in [5.74, 6) is 1.71. The number of carbonyl (C=O) groups is 1. The lowest BCUT2D eigenvalue weighted by Gasteiger charge is -2.28. The first-order valence-electron chi connectivity index (χ1n) is 8.28. The molecule has 1 atom stereocenters. The molecule has 0 bridgehead atoms. The number of hydrogen-bond acceptors (Lipinski definition) is 3. The molecule has 0 radical (unpaired) electrons. The van der Waals surface area contributed by atoms with Crippen molar-refractivity contribution in [2.24, 2.45) is 5.92 Å². The van der Waals surface area contributed by atoms with E-state index in [9.17, 15) is 4.79 Å². The Bertz CT molecular complexity index is 696. The molecule has 1 amide bonds. The molecular weight excluding hydrogens is 302 g/mol. The van der Waals surface area contributed by atoms with E-state index in [0.717, 1.165) is 23.5 Å². The Morgan fingerprint density at radius 2 is 1.96 bits per heavy atom. The molecule has 0 saturated heterocycles. The van der Waals surface area contributed by atoms with E-state index in [0.29, 0.717) is 19.8 Å². The highest BCUT2D eigenvalue weighted by Crippen LogP contribution is 2.27. The van der Waals surface area contributed by atoms with Gasteiger partial charge in [-0.05, 0) is 37.1 Å². The molecule has 3 rings (SSSR count). The van der Waals surface area contributed by atoms with Crippen molar-refractivity contribution in [1.29, 1.82) is 0 Å². The number of hydrogen-bond donors (Lipinski definition) is 0. The standard InChI is InChI=1S/C20H23NO3/c1-15-7-9-18(10-8-15)23-12-11-21(2)20(22)17-13-16-5-3-4-6-19(16)24-14-17/h3-10,17H,11-14H2,1-2H3. The van der Waals surface area contributed by atoms with Gasteiger partial charge in [0.15, 0.2) is 0 Å². The van der Waals surface area contributed by atoms with Gasteiger partial charge in [-0.15, -0.1) is 0 Å². The molecular formula is C20H23NO3. The quantitative estimate of drug-likeness (QED) is 0.848. The maximum absolute atomic E-state index is 12.6. The van der Waals surface area contributed by atoms with Gasteiger partial charge in [-0.1, -0.05) is 35.9 Å². The van der Waals surface area contributed by atoms with Crippen molar-refractivity contribution in [3.63, 3.8) is 0 Å². The molecule has 0 N–H and O–H groups in total. The molecule has 1 aliphatic heterocycles. The minimum absolute atomic E-state index is 0.108. The van der Waals surface area contributed by atoms with Gasteiger partial charge in [0.05, 0.1) is 12.5 Å². The van der Waals surface area contributed by atoms with Crippen LogP contribution in [0.5, 0.6) is 11.5 Å². The zero-order valence-corrected chi connectivity index (χ0v) is 14.2. The van der Waals surface area contributed by atoms with Gasteiger partial charge in [-0.25, -0.2) is 0 Å². The van der Waals surface area contributed by atoms with Crippen molar-refractivity contribution >= 4 is 5.91 Å². The Morgan fingerprint density at radius 3 is 2.75 bits per heavy atom. The van der Waals surface area contributed by atoms with Gasteiger partial charge < -0.3 is 14.4 Å². The molecule has 1 aliphatic rings. The number of nitrogens with zero attached hydrogens (tertiary/aromatic N) is 1. The van der Waals surface area contributed by atoms with Gasteiger partial charge >= 0.3 is 0 Å². The normalized spacial score (nSPS) is 16.0. The van der Waals surface area contributed by atoms with Crippen molar-refractivity contribution < 1.29 is 14.3 Å². The van der Waals surface area contributed by atoms with Crippen LogP contribution in [0.3, 0.4) is 0 Å². The Kier molecular flexibility index (Phi) is 5.04. The number of rotatable bonds is 5. The maximum atomic E-state index is 12.6. The molecule has 126 valence electrons. The molecule has 0 saturated carbocycles. The molecule has 4 nitrogen and oxygen atoms in total. The lowest BCUT2D eigenvalue weighted by Crippen LogP contribution is -2.40. The summed E-state index contributed by atoms with van der Waals surface area (Å²) in [6, 6.07) is 15.8. The Balaban J connectivity index is 1.49. The Labute approximate surface area is 143 Å². The van der Waals surface area contributed by atoms with E-state index in [1.54, 1.807) is 4.90 Å².